The highest BCUT2D eigenvalue weighted by Crippen LogP contribution is 2.19. The number of methoxy groups -OCH3 is 1. The van der Waals surface area contributed by atoms with E-state index in [0.29, 0.717) is 19.4 Å². The summed E-state index contributed by atoms with van der Waals surface area (Å²) in [6.45, 7) is 6.41. The SMILES string of the molecule is COc1ccc(C)cc1CCNC(=O)CCc1c(C)noc1C. The number of amides is 1. The summed E-state index contributed by atoms with van der Waals surface area (Å²) in [6, 6.07) is 6.07. The molecule has 0 aliphatic carbocycles. The van der Waals surface area contributed by atoms with Crippen LogP contribution in [0, 0.1) is 20.8 Å². The average Bonchev–Trinajstić information content (AvgIpc) is 2.84. The second-order valence-electron chi connectivity index (χ2n) is 5.72. The average molecular weight is 316 g/mol. The van der Waals surface area contributed by atoms with E-state index in [1.807, 2.05) is 32.9 Å². The van der Waals surface area contributed by atoms with Gasteiger partial charge in [-0.15, -0.1) is 0 Å². The highest BCUT2D eigenvalue weighted by molar-refractivity contribution is 5.76. The Bertz CT molecular complexity index is 657. The van der Waals surface area contributed by atoms with Gasteiger partial charge in [-0.1, -0.05) is 22.9 Å². The molecule has 1 aromatic heterocycles. The van der Waals surface area contributed by atoms with E-state index in [4.69, 9.17) is 9.26 Å². The monoisotopic (exact) mass is 316 g/mol. The zero-order valence-corrected chi connectivity index (χ0v) is 14.2. The molecule has 2 aromatic rings. The van der Waals surface area contributed by atoms with E-state index >= 15 is 0 Å². The Labute approximate surface area is 137 Å². The molecule has 1 heterocycles. The highest BCUT2D eigenvalue weighted by Gasteiger charge is 2.11. The summed E-state index contributed by atoms with van der Waals surface area (Å²) in [7, 11) is 1.66. The fourth-order valence-corrected chi connectivity index (χ4v) is 2.63. The Hall–Kier alpha value is -2.30. The lowest BCUT2D eigenvalue weighted by molar-refractivity contribution is -0.121. The quantitative estimate of drug-likeness (QED) is 0.853. The first kappa shape index (κ1) is 17.1. The number of hydrogen-bond donors (Lipinski definition) is 1. The predicted molar refractivity (Wildman–Crippen MR) is 88.7 cm³/mol. The lowest BCUT2D eigenvalue weighted by atomic mass is 10.1. The van der Waals surface area contributed by atoms with Gasteiger partial charge in [-0.2, -0.15) is 0 Å². The third-order valence-electron chi connectivity index (χ3n) is 3.94. The summed E-state index contributed by atoms with van der Waals surface area (Å²) < 4.78 is 10.5. The van der Waals surface area contributed by atoms with Crippen molar-refractivity contribution in [1.29, 1.82) is 0 Å². The molecule has 23 heavy (non-hydrogen) atoms. The van der Waals surface area contributed by atoms with Crippen LogP contribution in [0.1, 0.15) is 34.6 Å². The van der Waals surface area contributed by atoms with Gasteiger partial charge in [0.2, 0.25) is 5.91 Å². The predicted octanol–water partition coefficient (Wildman–Crippen LogP) is 2.90. The van der Waals surface area contributed by atoms with Crippen molar-refractivity contribution in [3.05, 3.63) is 46.3 Å². The van der Waals surface area contributed by atoms with Gasteiger partial charge in [-0.25, -0.2) is 0 Å². The molecule has 0 bridgehead atoms. The molecule has 0 aliphatic rings. The Morgan fingerprint density at radius 1 is 1.26 bits per heavy atom. The first-order valence-corrected chi connectivity index (χ1v) is 7.83. The van der Waals surface area contributed by atoms with Gasteiger partial charge in [0.15, 0.2) is 0 Å². The topological polar surface area (TPSA) is 64.4 Å². The van der Waals surface area contributed by atoms with E-state index in [2.05, 4.69) is 16.5 Å². The molecule has 1 N–H and O–H groups in total. The molecule has 5 heteroatoms. The molecule has 0 fully saturated rings. The van der Waals surface area contributed by atoms with Crippen LogP contribution in [0.5, 0.6) is 5.75 Å². The standard InChI is InChI=1S/C18H24N2O3/c1-12-5-7-17(22-4)15(11-12)9-10-19-18(21)8-6-16-13(2)20-23-14(16)3/h5,7,11H,6,8-10H2,1-4H3,(H,19,21). The highest BCUT2D eigenvalue weighted by atomic mass is 16.5. The van der Waals surface area contributed by atoms with Crippen LogP contribution in [0.2, 0.25) is 0 Å². The fourth-order valence-electron chi connectivity index (χ4n) is 2.63. The van der Waals surface area contributed by atoms with Crippen molar-refractivity contribution in [1.82, 2.24) is 10.5 Å². The number of carbonyl (C=O) groups is 1. The van der Waals surface area contributed by atoms with E-state index in [1.54, 1.807) is 7.11 Å². The molecular formula is C18H24N2O3. The van der Waals surface area contributed by atoms with E-state index in [-0.39, 0.29) is 5.91 Å². The molecule has 2 rings (SSSR count). The minimum atomic E-state index is 0.0385. The number of nitrogens with zero attached hydrogens (tertiary/aromatic N) is 1. The summed E-state index contributed by atoms with van der Waals surface area (Å²) >= 11 is 0. The zero-order valence-electron chi connectivity index (χ0n) is 14.2. The molecule has 0 saturated carbocycles. The van der Waals surface area contributed by atoms with Gasteiger partial charge in [0.1, 0.15) is 11.5 Å². The third-order valence-corrected chi connectivity index (χ3v) is 3.94. The van der Waals surface area contributed by atoms with Crippen molar-refractivity contribution >= 4 is 5.91 Å². The van der Waals surface area contributed by atoms with Gasteiger partial charge in [0.05, 0.1) is 12.8 Å². The van der Waals surface area contributed by atoms with Gasteiger partial charge < -0.3 is 14.6 Å². The molecule has 0 atom stereocenters. The summed E-state index contributed by atoms with van der Waals surface area (Å²) in [4.78, 5) is 12.0. The summed E-state index contributed by atoms with van der Waals surface area (Å²) in [5.74, 6) is 1.69. The zero-order chi connectivity index (χ0) is 16.8. The van der Waals surface area contributed by atoms with Crippen molar-refractivity contribution in [2.24, 2.45) is 0 Å². The molecule has 124 valence electrons. The normalized spacial score (nSPS) is 10.6. The number of benzene rings is 1. The van der Waals surface area contributed by atoms with Crippen molar-refractivity contribution < 1.29 is 14.1 Å². The molecular weight excluding hydrogens is 292 g/mol. The lowest BCUT2D eigenvalue weighted by Gasteiger charge is -2.10. The largest absolute Gasteiger partial charge is 0.496 e. The second-order valence-corrected chi connectivity index (χ2v) is 5.72. The molecule has 5 nitrogen and oxygen atoms in total. The van der Waals surface area contributed by atoms with Crippen molar-refractivity contribution in [2.45, 2.75) is 40.0 Å². The van der Waals surface area contributed by atoms with Gasteiger partial charge >= 0.3 is 0 Å². The summed E-state index contributed by atoms with van der Waals surface area (Å²) in [5, 5.41) is 6.86. The van der Waals surface area contributed by atoms with Crippen LogP contribution in [0.25, 0.3) is 0 Å². The van der Waals surface area contributed by atoms with E-state index in [9.17, 15) is 4.79 Å². The molecule has 0 radical (unpaired) electrons. The molecule has 1 amide bonds. The number of rotatable bonds is 7. The molecule has 0 aliphatic heterocycles. The van der Waals surface area contributed by atoms with Gasteiger partial charge in [0.25, 0.3) is 0 Å². The Morgan fingerprint density at radius 2 is 2.04 bits per heavy atom. The minimum absolute atomic E-state index is 0.0385. The van der Waals surface area contributed by atoms with Gasteiger partial charge in [0, 0.05) is 18.5 Å². The molecule has 0 spiro atoms. The third kappa shape index (κ3) is 4.58. The Morgan fingerprint density at radius 3 is 2.70 bits per heavy atom. The Kier molecular flexibility index (Phi) is 5.79. The number of ether oxygens (including phenoxy) is 1. The van der Waals surface area contributed by atoms with Crippen LogP contribution in [-0.2, 0) is 17.6 Å². The minimum Gasteiger partial charge on any atom is -0.496 e. The van der Waals surface area contributed by atoms with Crippen molar-refractivity contribution in [3.8, 4) is 5.75 Å². The van der Waals surface area contributed by atoms with Crippen LogP contribution in [0.15, 0.2) is 22.7 Å². The van der Waals surface area contributed by atoms with Crippen LogP contribution in [0.4, 0.5) is 0 Å². The summed E-state index contributed by atoms with van der Waals surface area (Å²) in [5.41, 5.74) is 4.18. The maximum Gasteiger partial charge on any atom is 0.220 e. The maximum absolute atomic E-state index is 12.0. The number of aryl methyl sites for hydroxylation is 3. The first-order chi connectivity index (χ1) is 11.0. The van der Waals surface area contributed by atoms with Gasteiger partial charge in [-0.3, -0.25) is 4.79 Å². The second kappa shape index (κ2) is 7.81. The van der Waals surface area contributed by atoms with Crippen LogP contribution < -0.4 is 10.1 Å². The van der Waals surface area contributed by atoms with E-state index < -0.39 is 0 Å². The lowest BCUT2D eigenvalue weighted by Crippen LogP contribution is -2.26. The molecule has 0 unspecified atom stereocenters. The van der Waals surface area contributed by atoms with Crippen LogP contribution in [0.3, 0.4) is 0 Å². The molecule has 0 saturated heterocycles. The smallest absolute Gasteiger partial charge is 0.220 e. The van der Waals surface area contributed by atoms with E-state index in [0.717, 1.165) is 34.8 Å². The van der Waals surface area contributed by atoms with E-state index in [1.165, 1.54) is 5.56 Å². The number of hydrogen-bond acceptors (Lipinski definition) is 4. The van der Waals surface area contributed by atoms with Crippen molar-refractivity contribution in [3.63, 3.8) is 0 Å². The van der Waals surface area contributed by atoms with Crippen LogP contribution >= 0.6 is 0 Å². The fraction of sp³-hybridized carbons (Fsp3) is 0.444. The number of nitrogens with one attached hydrogen (secondary N) is 1. The van der Waals surface area contributed by atoms with Crippen molar-refractivity contribution in [2.75, 3.05) is 13.7 Å². The number of carbonyl (C=O) groups excluding carboxylic acids is 1. The summed E-state index contributed by atoms with van der Waals surface area (Å²) in [6.07, 6.45) is 1.84. The first-order valence-electron chi connectivity index (χ1n) is 7.83. The Balaban J connectivity index is 1.80. The maximum atomic E-state index is 12.0. The molecule has 1 aromatic carbocycles. The van der Waals surface area contributed by atoms with Crippen LogP contribution in [-0.4, -0.2) is 24.7 Å². The van der Waals surface area contributed by atoms with Gasteiger partial charge in [-0.05, 0) is 45.2 Å². The number of aromatic nitrogens is 1.